The van der Waals surface area contributed by atoms with Crippen molar-refractivity contribution in [2.45, 2.75) is 25.9 Å². The third kappa shape index (κ3) is 1.59. The maximum absolute atomic E-state index is 11.8. The number of hydrogen-bond acceptors (Lipinski definition) is 3. The monoisotopic (exact) mass is 235 g/mol. The average Bonchev–Trinajstić information content (AvgIpc) is 2.46. The number of rotatable bonds is 2. The molecule has 1 aliphatic heterocycles. The van der Waals surface area contributed by atoms with Gasteiger partial charge in [0.25, 0.3) is 5.91 Å². The number of anilines is 1. The molecule has 0 aromatic heterocycles. The lowest BCUT2D eigenvalue weighted by Gasteiger charge is -2.20. The number of carbonyl (C=O) groups is 2. The molecule has 1 unspecified atom stereocenters. The van der Waals surface area contributed by atoms with Crippen LogP contribution in [0.15, 0.2) is 12.1 Å². The number of nitrogens with one attached hydrogen (secondary N) is 1. The molecular weight excluding hydrogens is 222 g/mol. The minimum absolute atomic E-state index is 0.380. The van der Waals surface area contributed by atoms with E-state index in [1.54, 1.807) is 19.9 Å². The van der Waals surface area contributed by atoms with Gasteiger partial charge in [0, 0.05) is 5.56 Å². The summed E-state index contributed by atoms with van der Waals surface area (Å²) in [5, 5.41) is 21.6. The quantitative estimate of drug-likeness (QED) is 0.711. The molecular formula is C12H13NO4. The molecule has 1 aromatic rings. The lowest BCUT2D eigenvalue weighted by Crippen LogP contribution is -2.36. The highest BCUT2D eigenvalue weighted by molar-refractivity contribution is 6.07. The summed E-state index contributed by atoms with van der Waals surface area (Å²) < 4.78 is 0. The highest BCUT2D eigenvalue weighted by Gasteiger charge is 2.48. The second-order valence-corrected chi connectivity index (χ2v) is 4.33. The third-order valence-corrected chi connectivity index (χ3v) is 3.06. The van der Waals surface area contributed by atoms with E-state index in [4.69, 9.17) is 5.11 Å². The zero-order valence-corrected chi connectivity index (χ0v) is 9.57. The van der Waals surface area contributed by atoms with Crippen LogP contribution in [-0.4, -0.2) is 22.1 Å². The molecule has 5 heteroatoms. The predicted octanol–water partition coefficient (Wildman–Crippen LogP) is 0.918. The van der Waals surface area contributed by atoms with Crippen LogP contribution in [0.3, 0.4) is 0 Å². The summed E-state index contributed by atoms with van der Waals surface area (Å²) in [5.41, 5.74) is 0.452. The number of benzene rings is 1. The van der Waals surface area contributed by atoms with Gasteiger partial charge in [-0.25, -0.2) is 0 Å². The van der Waals surface area contributed by atoms with Gasteiger partial charge in [-0.3, -0.25) is 9.59 Å². The van der Waals surface area contributed by atoms with Gasteiger partial charge >= 0.3 is 5.97 Å². The van der Waals surface area contributed by atoms with Crippen LogP contribution >= 0.6 is 0 Å². The summed E-state index contributed by atoms with van der Waals surface area (Å²) in [7, 11) is 0. The maximum Gasteiger partial charge on any atom is 0.307 e. The van der Waals surface area contributed by atoms with Gasteiger partial charge in [-0.15, -0.1) is 0 Å². The van der Waals surface area contributed by atoms with Crippen LogP contribution in [-0.2, 0) is 15.2 Å². The second-order valence-electron chi connectivity index (χ2n) is 4.33. The zero-order chi connectivity index (χ0) is 12.8. The van der Waals surface area contributed by atoms with Gasteiger partial charge in [0.05, 0.1) is 12.1 Å². The number of carboxylic acids is 1. The van der Waals surface area contributed by atoms with Gasteiger partial charge in [0.1, 0.15) is 0 Å². The first kappa shape index (κ1) is 11.6. The van der Waals surface area contributed by atoms with Crippen LogP contribution in [0.25, 0.3) is 0 Å². The van der Waals surface area contributed by atoms with Crippen LogP contribution in [0.5, 0.6) is 0 Å². The number of aryl methyl sites for hydroxylation is 2. The van der Waals surface area contributed by atoms with E-state index in [-0.39, 0.29) is 0 Å². The fourth-order valence-corrected chi connectivity index (χ4v) is 2.22. The molecule has 1 amide bonds. The molecule has 90 valence electrons. The van der Waals surface area contributed by atoms with Crippen LogP contribution < -0.4 is 5.32 Å². The van der Waals surface area contributed by atoms with Gasteiger partial charge in [-0.1, -0.05) is 12.1 Å². The Labute approximate surface area is 98.1 Å². The Morgan fingerprint density at radius 1 is 1.35 bits per heavy atom. The molecule has 5 nitrogen and oxygen atoms in total. The normalized spacial score (nSPS) is 22.2. The van der Waals surface area contributed by atoms with Crippen molar-refractivity contribution in [2.75, 3.05) is 5.32 Å². The van der Waals surface area contributed by atoms with E-state index in [9.17, 15) is 14.7 Å². The number of amides is 1. The van der Waals surface area contributed by atoms with E-state index in [1.807, 2.05) is 6.07 Å². The largest absolute Gasteiger partial charge is 0.481 e. The number of aliphatic hydroxyl groups is 1. The molecule has 1 atom stereocenters. The number of hydrogen-bond donors (Lipinski definition) is 3. The minimum atomic E-state index is -1.96. The van der Waals surface area contributed by atoms with Crippen LogP contribution in [0.1, 0.15) is 23.1 Å². The Kier molecular flexibility index (Phi) is 2.43. The Morgan fingerprint density at radius 2 is 1.94 bits per heavy atom. The van der Waals surface area contributed by atoms with Gasteiger partial charge in [0.2, 0.25) is 0 Å². The first-order chi connectivity index (χ1) is 7.86. The molecule has 1 aliphatic rings. The Balaban J connectivity index is 2.64. The molecule has 3 N–H and O–H groups in total. The standard InChI is InChI=1S/C12H13NO4/c1-6-3-4-7(2)10-9(6)12(17,5-8(14)15)11(16)13-10/h3-4,17H,5H2,1-2H3,(H,13,16)(H,14,15). The number of carbonyl (C=O) groups excluding carboxylic acids is 1. The first-order valence-corrected chi connectivity index (χ1v) is 5.22. The van der Waals surface area contributed by atoms with Gasteiger partial charge < -0.3 is 15.5 Å². The van der Waals surface area contributed by atoms with E-state index < -0.39 is 23.9 Å². The SMILES string of the molecule is Cc1ccc(C)c2c1NC(=O)C2(O)CC(=O)O. The molecule has 0 radical (unpaired) electrons. The van der Waals surface area contributed by atoms with E-state index in [0.717, 1.165) is 5.56 Å². The summed E-state index contributed by atoms with van der Waals surface area (Å²) in [6.45, 7) is 3.54. The van der Waals surface area contributed by atoms with E-state index in [0.29, 0.717) is 16.8 Å². The predicted molar refractivity (Wildman–Crippen MR) is 60.7 cm³/mol. The Bertz CT molecular complexity index is 523. The lowest BCUT2D eigenvalue weighted by atomic mass is 9.87. The average molecular weight is 235 g/mol. The molecule has 0 aliphatic carbocycles. The second kappa shape index (κ2) is 3.56. The zero-order valence-electron chi connectivity index (χ0n) is 9.57. The molecule has 0 spiro atoms. The summed E-state index contributed by atoms with van der Waals surface area (Å²) in [6, 6.07) is 3.59. The highest BCUT2D eigenvalue weighted by atomic mass is 16.4. The van der Waals surface area contributed by atoms with E-state index in [1.165, 1.54) is 0 Å². The number of aliphatic carboxylic acids is 1. The molecule has 1 aromatic carbocycles. The lowest BCUT2D eigenvalue weighted by molar-refractivity contribution is -0.149. The number of carboxylic acid groups (broad SMARTS) is 1. The van der Waals surface area contributed by atoms with Crippen molar-refractivity contribution in [3.05, 3.63) is 28.8 Å². The van der Waals surface area contributed by atoms with Crippen LogP contribution in [0.4, 0.5) is 5.69 Å². The Morgan fingerprint density at radius 3 is 2.53 bits per heavy atom. The molecule has 1 heterocycles. The van der Waals surface area contributed by atoms with Crippen molar-refractivity contribution in [2.24, 2.45) is 0 Å². The van der Waals surface area contributed by atoms with Crippen molar-refractivity contribution < 1.29 is 19.8 Å². The van der Waals surface area contributed by atoms with Crippen molar-refractivity contribution in [1.29, 1.82) is 0 Å². The molecule has 0 fully saturated rings. The molecule has 17 heavy (non-hydrogen) atoms. The minimum Gasteiger partial charge on any atom is -0.481 e. The molecule has 2 rings (SSSR count). The molecule has 0 bridgehead atoms. The van der Waals surface area contributed by atoms with Gasteiger partial charge in [-0.05, 0) is 25.0 Å². The third-order valence-electron chi connectivity index (χ3n) is 3.06. The smallest absolute Gasteiger partial charge is 0.307 e. The summed E-state index contributed by atoms with van der Waals surface area (Å²) in [5.74, 6) is -1.89. The van der Waals surface area contributed by atoms with Crippen molar-refractivity contribution >= 4 is 17.6 Å². The van der Waals surface area contributed by atoms with Crippen LogP contribution in [0, 0.1) is 13.8 Å². The molecule has 0 saturated carbocycles. The fourth-order valence-electron chi connectivity index (χ4n) is 2.22. The summed E-state index contributed by atoms with van der Waals surface area (Å²) >= 11 is 0. The fraction of sp³-hybridized carbons (Fsp3) is 0.333. The maximum atomic E-state index is 11.8. The van der Waals surface area contributed by atoms with Gasteiger partial charge in [0.15, 0.2) is 5.60 Å². The topological polar surface area (TPSA) is 86.6 Å². The van der Waals surface area contributed by atoms with E-state index in [2.05, 4.69) is 5.32 Å². The first-order valence-electron chi connectivity index (χ1n) is 5.22. The Hall–Kier alpha value is -1.88. The molecule has 0 saturated heterocycles. The van der Waals surface area contributed by atoms with E-state index >= 15 is 0 Å². The van der Waals surface area contributed by atoms with Crippen molar-refractivity contribution in [1.82, 2.24) is 0 Å². The summed E-state index contributed by atoms with van der Waals surface area (Å²) in [4.78, 5) is 22.5. The van der Waals surface area contributed by atoms with Gasteiger partial charge in [-0.2, -0.15) is 0 Å². The van der Waals surface area contributed by atoms with Crippen molar-refractivity contribution in [3.8, 4) is 0 Å². The summed E-state index contributed by atoms with van der Waals surface area (Å²) in [6.07, 6.45) is -0.629. The van der Waals surface area contributed by atoms with Crippen LogP contribution in [0.2, 0.25) is 0 Å². The number of fused-ring (bicyclic) bond motifs is 1. The highest BCUT2D eigenvalue weighted by Crippen LogP contribution is 2.42. The van der Waals surface area contributed by atoms with Crippen molar-refractivity contribution in [3.63, 3.8) is 0 Å².